The lowest BCUT2D eigenvalue weighted by Gasteiger charge is -2.31. The molecule has 2 fully saturated rings. The number of likely N-dealkylation sites (tertiary alicyclic amines) is 1. The zero-order valence-electron chi connectivity index (χ0n) is 11.0. The maximum atomic E-state index is 5.40. The summed E-state index contributed by atoms with van der Waals surface area (Å²) in [4.78, 5) is 2.60. The maximum absolute atomic E-state index is 5.40. The summed E-state index contributed by atoms with van der Waals surface area (Å²) < 4.78 is 5.40. The van der Waals surface area contributed by atoms with Crippen LogP contribution < -0.4 is 5.32 Å². The molecule has 2 heterocycles. The number of nitrogens with one attached hydrogen (secondary N) is 1. The van der Waals surface area contributed by atoms with Crippen molar-refractivity contribution in [2.45, 2.75) is 37.0 Å². The van der Waals surface area contributed by atoms with E-state index in [1.54, 1.807) is 0 Å². The van der Waals surface area contributed by atoms with Crippen LogP contribution in [0.2, 0.25) is 0 Å². The van der Waals surface area contributed by atoms with Gasteiger partial charge in [-0.3, -0.25) is 0 Å². The van der Waals surface area contributed by atoms with Gasteiger partial charge in [0.05, 0.1) is 6.10 Å². The second-order valence-electron chi connectivity index (χ2n) is 5.10. The fourth-order valence-electron chi connectivity index (χ4n) is 2.68. The first-order valence-corrected chi connectivity index (χ1v) is 8.01. The van der Waals surface area contributed by atoms with Crippen LogP contribution in [0.1, 0.15) is 25.7 Å². The van der Waals surface area contributed by atoms with Crippen molar-refractivity contribution in [3.8, 4) is 0 Å². The van der Waals surface area contributed by atoms with Crippen LogP contribution in [0.25, 0.3) is 0 Å². The van der Waals surface area contributed by atoms with Gasteiger partial charge in [-0.15, -0.1) is 0 Å². The molecule has 0 aromatic heterocycles. The molecule has 0 spiro atoms. The second-order valence-corrected chi connectivity index (χ2v) is 6.51. The molecule has 2 rings (SSSR count). The normalized spacial score (nSPS) is 25.2. The summed E-state index contributed by atoms with van der Waals surface area (Å²) in [6, 6.07) is 0. The van der Waals surface area contributed by atoms with E-state index < -0.39 is 0 Å². The predicted octanol–water partition coefficient (Wildman–Crippen LogP) is 1.58. The van der Waals surface area contributed by atoms with Gasteiger partial charge in [0.2, 0.25) is 0 Å². The molecule has 0 aromatic rings. The highest BCUT2D eigenvalue weighted by Gasteiger charge is 2.19. The lowest BCUT2D eigenvalue weighted by Crippen LogP contribution is -2.38. The molecule has 17 heavy (non-hydrogen) atoms. The third-order valence-corrected chi connectivity index (χ3v) is 5.28. The lowest BCUT2D eigenvalue weighted by molar-refractivity contribution is 0.0430. The molecular formula is C13H26N2OS. The molecule has 0 aromatic carbocycles. The number of rotatable bonds is 5. The fraction of sp³-hybridized carbons (Fsp3) is 1.00. The van der Waals surface area contributed by atoms with Gasteiger partial charge >= 0.3 is 0 Å². The van der Waals surface area contributed by atoms with E-state index in [0.717, 1.165) is 5.25 Å². The van der Waals surface area contributed by atoms with Gasteiger partial charge in [-0.25, -0.2) is 0 Å². The van der Waals surface area contributed by atoms with E-state index in [1.165, 1.54) is 64.2 Å². The van der Waals surface area contributed by atoms with Crippen LogP contribution in [0.4, 0.5) is 0 Å². The smallest absolute Gasteiger partial charge is 0.0595 e. The van der Waals surface area contributed by atoms with Gasteiger partial charge in [-0.2, -0.15) is 11.8 Å². The number of hydrogen-bond donors (Lipinski definition) is 1. The van der Waals surface area contributed by atoms with Crippen LogP contribution >= 0.6 is 11.8 Å². The van der Waals surface area contributed by atoms with Crippen molar-refractivity contribution >= 4 is 11.8 Å². The highest BCUT2D eigenvalue weighted by molar-refractivity contribution is 7.99. The van der Waals surface area contributed by atoms with E-state index in [4.69, 9.17) is 4.74 Å². The van der Waals surface area contributed by atoms with Crippen LogP contribution in [-0.4, -0.2) is 61.8 Å². The van der Waals surface area contributed by atoms with Crippen LogP contribution in [0, 0.1) is 0 Å². The molecule has 0 amide bonds. The van der Waals surface area contributed by atoms with E-state index in [-0.39, 0.29) is 0 Å². The molecule has 100 valence electrons. The third-order valence-electron chi connectivity index (χ3n) is 3.92. The Hall–Kier alpha value is 0.230. The fourth-order valence-corrected chi connectivity index (χ4v) is 3.95. The van der Waals surface area contributed by atoms with Crippen molar-refractivity contribution in [3.05, 3.63) is 0 Å². The number of piperidine rings is 2. The Kier molecular flexibility index (Phi) is 6.12. The van der Waals surface area contributed by atoms with Crippen LogP contribution in [-0.2, 0) is 4.74 Å². The molecule has 0 bridgehead atoms. The minimum absolute atomic E-state index is 0.517. The SMILES string of the molecule is COC1CCN(CCSC2CCNCC2)CC1. The first-order chi connectivity index (χ1) is 8.38. The van der Waals surface area contributed by atoms with Gasteiger partial charge in [-0.05, 0) is 38.8 Å². The largest absolute Gasteiger partial charge is 0.381 e. The van der Waals surface area contributed by atoms with Crippen molar-refractivity contribution < 1.29 is 4.74 Å². The first-order valence-electron chi connectivity index (χ1n) is 6.96. The molecule has 0 atom stereocenters. The van der Waals surface area contributed by atoms with Crippen molar-refractivity contribution in [1.82, 2.24) is 10.2 Å². The maximum Gasteiger partial charge on any atom is 0.0595 e. The third kappa shape index (κ3) is 4.78. The van der Waals surface area contributed by atoms with E-state index >= 15 is 0 Å². The zero-order chi connectivity index (χ0) is 11.9. The number of methoxy groups -OCH3 is 1. The van der Waals surface area contributed by atoms with Crippen LogP contribution in [0.3, 0.4) is 0 Å². The monoisotopic (exact) mass is 258 g/mol. The molecule has 0 unspecified atom stereocenters. The van der Waals surface area contributed by atoms with Gasteiger partial charge < -0.3 is 15.0 Å². The summed E-state index contributed by atoms with van der Waals surface area (Å²) in [6.07, 6.45) is 5.67. The second kappa shape index (κ2) is 7.62. The summed E-state index contributed by atoms with van der Waals surface area (Å²) in [6.45, 7) is 6.16. The van der Waals surface area contributed by atoms with Crippen LogP contribution in [0.15, 0.2) is 0 Å². The Labute approximate surface area is 110 Å². The minimum Gasteiger partial charge on any atom is -0.381 e. The Balaban J connectivity index is 1.53. The highest BCUT2D eigenvalue weighted by atomic mass is 32.2. The van der Waals surface area contributed by atoms with E-state index in [1.807, 2.05) is 7.11 Å². The Morgan fingerprint density at radius 1 is 1.18 bits per heavy atom. The molecule has 0 saturated carbocycles. The van der Waals surface area contributed by atoms with E-state index in [2.05, 4.69) is 22.0 Å². The average Bonchev–Trinajstić information content (AvgIpc) is 2.41. The predicted molar refractivity (Wildman–Crippen MR) is 74.8 cm³/mol. The van der Waals surface area contributed by atoms with Gasteiger partial charge in [0.25, 0.3) is 0 Å². The number of nitrogens with zero attached hydrogens (tertiary/aromatic N) is 1. The quantitative estimate of drug-likeness (QED) is 0.809. The highest BCUT2D eigenvalue weighted by Crippen LogP contribution is 2.21. The molecule has 0 aliphatic carbocycles. The standard InChI is InChI=1S/C13H26N2OS/c1-16-12-4-8-15(9-5-12)10-11-17-13-2-6-14-7-3-13/h12-14H,2-11H2,1H3. The molecule has 2 saturated heterocycles. The van der Waals surface area contributed by atoms with E-state index in [9.17, 15) is 0 Å². The van der Waals surface area contributed by atoms with Crippen molar-refractivity contribution in [2.24, 2.45) is 0 Å². The summed E-state index contributed by atoms with van der Waals surface area (Å²) >= 11 is 2.18. The van der Waals surface area contributed by atoms with Gasteiger partial charge in [0, 0.05) is 37.7 Å². The summed E-state index contributed by atoms with van der Waals surface area (Å²) in [5, 5.41) is 4.34. The van der Waals surface area contributed by atoms with Gasteiger partial charge in [-0.1, -0.05) is 0 Å². The summed E-state index contributed by atoms with van der Waals surface area (Å²) in [5.41, 5.74) is 0. The minimum atomic E-state index is 0.517. The van der Waals surface area contributed by atoms with E-state index in [0.29, 0.717) is 6.10 Å². The molecular weight excluding hydrogens is 232 g/mol. The molecule has 0 radical (unpaired) electrons. The van der Waals surface area contributed by atoms with Crippen molar-refractivity contribution in [1.29, 1.82) is 0 Å². The Morgan fingerprint density at radius 3 is 2.53 bits per heavy atom. The molecule has 2 aliphatic heterocycles. The molecule has 2 aliphatic rings. The van der Waals surface area contributed by atoms with Gasteiger partial charge in [0.15, 0.2) is 0 Å². The Morgan fingerprint density at radius 2 is 1.88 bits per heavy atom. The summed E-state index contributed by atoms with van der Waals surface area (Å²) in [5.74, 6) is 1.31. The van der Waals surface area contributed by atoms with Gasteiger partial charge in [0.1, 0.15) is 0 Å². The summed E-state index contributed by atoms with van der Waals surface area (Å²) in [7, 11) is 1.84. The molecule has 1 N–H and O–H groups in total. The number of hydrogen-bond acceptors (Lipinski definition) is 4. The molecule has 4 heteroatoms. The van der Waals surface area contributed by atoms with Crippen LogP contribution in [0.5, 0.6) is 0 Å². The number of ether oxygens (including phenoxy) is 1. The Bertz CT molecular complexity index is 202. The van der Waals surface area contributed by atoms with Crippen molar-refractivity contribution in [3.63, 3.8) is 0 Å². The number of thioether (sulfide) groups is 1. The lowest BCUT2D eigenvalue weighted by atomic mass is 10.1. The average molecular weight is 258 g/mol. The topological polar surface area (TPSA) is 24.5 Å². The zero-order valence-corrected chi connectivity index (χ0v) is 11.8. The molecule has 3 nitrogen and oxygen atoms in total. The van der Waals surface area contributed by atoms with Crippen molar-refractivity contribution in [2.75, 3.05) is 45.6 Å². The first kappa shape index (κ1) is 13.7.